The second kappa shape index (κ2) is 7.81. The third kappa shape index (κ3) is 4.25. The molecule has 0 aliphatic carbocycles. The summed E-state index contributed by atoms with van der Waals surface area (Å²) in [5.41, 5.74) is 1.13. The van der Waals surface area contributed by atoms with E-state index >= 15 is 0 Å². The lowest BCUT2D eigenvalue weighted by Crippen LogP contribution is -2.46. The van der Waals surface area contributed by atoms with Crippen LogP contribution in [-0.4, -0.2) is 45.6 Å². The monoisotopic (exact) mass is 340 g/mol. The Bertz CT molecular complexity index is 577. The van der Waals surface area contributed by atoms with Crippen LogP contribution in [-0.2, 0) is 11.3 Å². The molecule has 2 rings (SSSR count). The zero-order valence-corrected chi connectivity index (χ0v) is 14.8. The Balaban J connectivity index is 1.99. The van der Waals surface area contributed by atoms with E-state index in [4.69, 9.17) is 11.6 Å². The van der Waals surface area contributed by atoms with Gasteiger partial charge < -0.3 is 10.2 Å². The van der Waals surface area contributed by atoms with Crippen LogP contribution in [0.4, 0.5) is 0 Å². The van der Waals surface area contributed by atoms with Crippen molar-refractivity contribution in [3.05, 3.63) is 16.4 Å². The molecule has 0 spiro atoms. The molecule has 1 aromatic rings. The highest BCUT2D eigenvalue weighted by Gasteiger charge is 2.25. The lowest BCUT2D eigenvalue weighted by molar-refractivity contribution is -0.129. The van der Waals surface area contributed by atoms with Crippen molar-refractivity contribution in [2.45, 2.75) is 59.0 Å². The molecular weight excluding hydrogens is 316 g/mol. The third-order valence-electron chi connectivity index (χ3n) is 4.29. The first-order chi connectivity index (χ1) is 10.9. The van der Waals surface area contributed by atoms with Crippen molar-refractivity contribution in [3.8, 4) is 0 Å². The van der Waals surface area contributed by atoms with E-state index in [-0.39, 0.29) is 17.9 Å². The van der Waals surface area contributed by atoms with E-state index in [0.717, 1.165) is 32.2 Å². The highest BCUT2D eigenvalue weighted by atomic mass is 35.5. The normalized spacial score (nSPS) is 15.7. The minimum Gasteiger partial charge on any atom is -0.349 e. The highest BCUT2D eigenvalue weighted by molar-refractivity contribution is 6.33. The molecule has 1 aliphatic rings. The van der Waals surface area contributed by atoms with Crippen LogP contribution in [0.5, 0.6) is 0 Å². The van der Waals surface area contributed by atoms with Gasteiger partial charge in [-0.2, -0.15) is 5.10 Å². The number of unbranched alkanes of at least 4 members (excludes halogenated alkanes) is 1. The van der Waals surface area contributed by atoms with E-state index in [1.165, 1.54) is 0 Å². The molecule has 1 aromatic heterocycles. The first-order valence-corrected chi connectivity index (χ1v) is 8.61. The van der Waals surface area contributed by atoms with Crippen molar-refractivity contribution in [1.29, 1.82) is 0 Å². The van der Waals surface area contributed by atoms with Crippen LogP contribution in [0.3, 0.4) is 0 Å². The Morgan fingerprint density at radius 1 is 1.35 bits per heavy atom. The zero-order chi connectivity index (χ0) is 17.0. The predicted octanol–water partition coefficient (Wildman–Crippen LogP) is 2.39. The fourth-order valence-corrected chi connectivity index (χ4v) is 3.21. The van der Waals surface area contributed by atoms with Crippen molar-refractivity contribution in [3.63, 3.8) is 0 Å². The standard InChI is InChI=1S/C16H25ClN4O2/c1-4-5-8-21-15(17)14(11(2)19-21)16(23)18-13-6-9-20(10-7-13)12(3)22/h13H,4-10H2,1-3H3,(H,18,23). The quantitative estimate of drug-likeness (QED) is 0.894. The largest absolute Gasteiger partial charge is 0.349 e. The molecule has 0 unspecified atom stereocenters. The third-order valence-corrected chi connectivity index (χ3v) is 4.68. The lowest BCUT2D eigenvalue weighted by atomic mass is 10.0. The number of hydrogen-bond acceptors (Lipinski definition) is 3. The Morgan fingerprint density at radius 2 is 2.00 bits per heavy atom. The van der Waals surface area contributed by atoms with Crippen LogP contribution in [0.15, 0.2) is 0 Å². The van der Waals surface area contributed by atoms with Crippen LogP contribution in [0.25, 0.3) is 0 Å². The number of halogens is 1. The fraction of sp³-hybridized carbons (Fsp3) is 0.688. The van der Waals surface area contributed by atoms with Gasteiger partial charge in [-0.1, -0.05) is 24.9 Å². The number of carbonyl (C=O) groups is 2. The molecule has 128 valence electrons. The van der Waals surface area contributed by atoms with Crippen molar-refractivity contribution in [2.75, 3.05) is 13.1 Å². The maximum absolute atomic E-state index is 12.5. The molecule has 0 saturated carbocycles. The second-order valence-corrected chi connectivity index (χ2v) is 6.44. The summed E-state index contributed by atoms with van der Waals surface area (Å²) in [4.78, 5) is 25.7. The summed E-state index contributed by atoms with van der Waals surface area (Å²) in [7, 11) is 0. The number of amides is 2. The summed E-state index contributed by atoms with van der Waals surface area (Å²) in [5, 5.41) is 7.81. The lowest BCUT2D eigenvalue weighted by Gasteiger charge is -2.31. The molecule has 1 aliphatic heterocycles. The summed E-state index contributed by atoms with van der Waals surface area (Å²) in [6.45, 7) is 7.57. The number of rotatable bonds is 5. The average Bonchev–Trinajstić information content (AvgIpc) is 2.79. The summed E-state index contributed by atoms with van der Waals surface area (Å²) in [5.74, 6) is -0.0811. The Kier molecular flexibility index (Phi) is 6.04. The summed E-state index contributed by atoms with van der Waals surface area (Å²) >= 11 is 6.33. The predicted molar refractivity (Wildman–Crippen MR) is 89.6 cm³/mol. The van der Waals surface area contributed by atoms with Gasteiger partial charge in [-0.15, -0.1) is 0 Å². The van der Waals surface area contributed by atoms with E-state index in [2.05, 4.69) is 17.3 Å². The maximum atomic E-state index is 12.5. The van der Waals surface area contributed by atoms with Gasteiger partial charge in [0.1, 0.15) is 5.15 Å². The van der Waals surface area contributed by atoms with E-state index < -0.39 is 0 Å². The minimum absolute atomic E-state index is 0.0764. The molecule has 1 N–H and O–H groups in total. The number of carbonyl (C=O) groups excluding carboxylic acids is 2. The van der Waals surface area contributed by atoms with Gasteiger partial charge in [0.2, 0.25) is 5.91 Å². The molecule has 2 heterocycles. The first kappa shape index (κ1) is 17.8. The minimum atomic E-state index is -0.170. The number of aryl methyl sites for hydroxylation is 2. The smallest absolute Gasteiger partial charge is 0.256 e. The SMILES string of the molecule is CCCCn1nc(C)c(C(=O)NC2CCN(C(C)=O)CC2)c1Cl. The molecule has 0 bridgehead atoms. The van der Waals surface area contributed by atoms with Gasteiger partial charge in [0.05, 0.1) is 11.3 Å². The molecule has 0 atom stereocenters. The van der Waals surface area contributed by atoms with Crippen LogP contribution >= 0.6 is 11.6 Å². The molecule has 2 amide bonds. The summed E-state index contributed by atoms with van der Waals surface area (Å²) < 4.78 is 1.70. The molecule has 1 fully saturated rings. The number of nitrogens with zero attached hydrogens (tertiary/aromatic N) is 3. The van der Waals surface area contributed by atoms with Crippen molar-refractivity contribution >= 4 is 23.4 Å². The Labute approximate surface area is 142 Å². The van der Waals surface area contributed by atoms with Gasteiger partial charge in [-0.05, 0) is 26.2 Å². The average molecular weight is 341 g/mol. The van der Waals surface area contributed by atoms with Crippen LogP contribution in [0.1, 0.15) is 55.6 Å². The topological polar surface area (TPSA) is 67.2 Å². The maximum Gasteiger partial charge on any atom is 0.256 e. The summed E-state index contributed by atoms with van der Waals surface area (Å²) in [6.07, 6.45) is 3.56. The van der Waals surface area contributed by atoms with E-state index in [1.807, 2.05) is 11.8 Å². The fourth-order valence-electron chi connectivity index (χ4n) is 2.86. The summed E-state index contributed by atoms with van der Waals surface area (Å²) in [6, 6.07) is 0.0764. The number of aromatic nitrogens is 2. The molecule has 0 aromatic carbocycles. The Hall–Kier alpha value is -1.56. The van der Waals surface area contributed by atoms with E-state index in [1.54, 1.807) is 11.6 Å². The van der Waals surface area contributed by atoms with Gasteiger partial charge in [-0.3, -0.25) is 14.3 Å². The Morgan fingerprint density at radius 3 is 2.57 bits per heavy atom. The molecule has 23 heavy (non-hydrogen) atoms. The second-order valence-electron chi connectivity index (χ2n) is 6.08. The van der Waals surface area contributed by atoms with Gasteiger partial charge in [-0.25, -0.2) is 0 Å². The number of piperidine rings is 1. The van der Waals surface area contributed by atoms with Gasteiger partial charge in [0.25, 0.3) is 5.91 Å². The van der Waals surface area contributed by atoms with Gasteiger partial charge in [0, 0.05) is 32.6 Å². The highest BCUT2D eigenvalue weighted by Crippen LogP contribution is 2.21. The van der Waals surface area contributed by atoms with Gasteiger partial charge >= 0.3 is 0 Å². The number of nitrogens with one attached hydrogen (secondary N) is 1. The van der Waals surface area contributed by atoms with E-state index in [0.29, 0.717) is 29.5 Å². The molecule has 7 heteroatoms. The van der Waals surface area contributed by atoms with Crippen LogP contribution in [0, 0.1) is 6.92 Å². The van der Waals surface area contributed by atoms with Crippen molar-refractivity contribution in [2.24, 2.45) is 0 Å². The number of likely N-dealkylation sites (tertiary alicyclic amines) is 1. The van der Waals surface area contributed by atoms with Crippen LogP contribution < -0.4 is 5.32 Å². The number of hydrogen-bond donors (Lipinski definition) is 1. The molecule has 6 nitrogen and oxygen atoms in total. The van der Waals surface area contributed by atoms with Crippen LogP contribution in [0.2, 0.25) is 5.15 Å². The zero-order valence-electron chi connectivity index (χ0n) is 14.1. The van der Waals surface area contributed by atoms with Gasteiger partial charge in [0.15, 0.2) is 0 Å². The molecule has 0 radical (unpaired) electrons. The van der Waals surface area contributed by atoms with Crippen molar-refractivity contribution < 1.29 is 9.59 Å². The first-order valence-electron chi connectivity index (χ1n) is 8.23. The molecular formula is C16H25ClN4O2. The molecule has 1 saturated heterocycles. The van der Waals surface area contributed by atoms with E-state index in [9.17, 15) is 9.59 Å². The van der Waals surface area contributed by atoms with Crippen molar-refractivity contribution in [1.82, 2.24) is 20.0 Å².